The fraction of sp³-hybridized carbons (Fsp3) is 0.343. The molecule has 3 aromatic rings. The number of halogens is 1. The van der Waals surface area contributed by atoms with Crippen molar-refractivity contribution in [1.29, 1.82) is 0 Å². The highest BCUT2D eigenvalue weighted by Crippen LogP contribution is 2.33. The molecule has 50 heavy (non-hydrogen) atoms. The topological polar surface area (TPSA) is 198 Å². The minimum Gasteiger partial charge on any atom is -0.453 e. The number of carbonyl (C=O) groups is 3. The van der Waals surface area contributed by atoms with Crippen LogP contribution in [0.2, 0.25) is 5.02 Å². The first-order chi connectivity index (χ1) is 24.1. The molecule has 0 saturated carbocycles. The van der Waals surface area contributed by atoms with Crippen LogP contribution in [0.3, 0.4) is 0 Å². The van der Waals surface area contributed by atoms with Crippen molar-refractivity contribution < 1.29 is 23.9 Å². The number of nitrogens with zero attached hydrogens (tertiary/aromatic N) is 3. The number of amides is 3. The van der Waals surface area contributed by atoms with Gasteiger partial charge in [-0.15, -0.1) is 0 Å². The lowest BCUT2D eigenvalue weighted by Crippen LogP contribution is -2.47. The molecule has 1 fully saturated rings. The molecule has 0 spiro atoms. The predicted octanol–water partition coefficient (Wildman–Crippen LogP) is 4.79. The van der Waals surface area contributed by atoms with Crippen LogP contribution in [0.1, 0.15) is 49.9 Å². The van der Waals surface area contributed by atoms with Crippen LogP contribution < -0.4 is 38.0 Å². The number of rotatable bonds is 9. The molecule has 1 aromatic heterocycles. The molecule has 266 valence electrons. The van der Waals surface area contributed by atoms with Crippen LogP contribution in [0.25, 0.3) is 17.2 Å². The van der Waals surface area contributed by atoms with E-state index in [1.165, 1.54) is 24.5 Å². The van der Waals surface area contributed by atoms with Crippen molar-refractivity contribution in [3.8, 4) is 11.1 Å². The maximum atomic E-state index is 13.1. The number of aromatic nitrogens is 1. The van der Waals surface area contributed by atoms with Crippen molar-refractivity contribution in [2.24, 2.45) is 22.2 Å². The van der Waals surface area contributed by atoms with Gasteiger partial charge in [-0.2, -0.15) is 5.10 Å². The van der Waals surface area contributed by atoms with Crippen molar-refractivity contribution >= 4 is 59.5 Å². The van der Waals surface area contributed by atoms with Gasteiger partial charge in [0.2, 0.25) is 12.3 Å². The Bertz CT molecular complexity index is 1680. The summed E-state index contributed by atoms with van der Waals surface area (Å²) in [4.78, 5) is 39.2. The molecular weight excluding hydrogens is 662 g/mol. The summed E-state index contributed by atoms with van der Waals surface area (Å²) in [7, 11) is 1.33. The Balaban J connectivity index is 0.000000541. The zero-order valence-electron chi connectivity index (χ0n) is 28.2. The van der Waals surface area contributed by atoms with Crippen molar-refractivity contribution in [2.75, 3.05) is 49.1 Å². The average Bonchev–Trinajstić information content (AvgIpc) is 3.10. The molecular formula is C35H44ClN9O5. The Kier molecular flexibility index (Phi) is 14.0. The van der Waals surface area contributed by atoms with Crippen molar-refractivity contribution in [1.82, 2.24) is 15.6 Å². The molecule has 15 heteroatoms. The van der Waals surface area contributed by atoms with E-state index in [0.717, 1.165) is 80.9 Å². The Morgan fingerprint density at radius 1 is 1.18 bits per heavy atom. The summed E-state index contributed by atoms with van der Waals surface area (Å²) >= 11 is 6.18. The third kappa shape index (κ3) is 10.9. The van der Waals surface area contributed by atoms with Crippen LogP contribution in [0.5, 0.6) is 0 Å². The standard InChI is InChI=1S/C29H33ClN8O3.C6H11NO2/c1-41-29(40)36-22-8-9-23-19-12-14-34-26(16-19)24(5-3-2-4-13-33-25(23)17-22)37-28(39)11-6-20-15-21(30)7-10-27(20)38(32)18-35-31;1-6(2-7-5-8)3-9-4-6/h6-12,14-18,24,33H,2-5,13,31-32H2,1H3,(H,36,40)(H,37,39);5H,2-4H2,1H3,(H,7,8)/b11-6+,35-18-;/t24-;/m0./s1. The van der Waals surface area contributed by atoms with Gasteiger partial charge in [0.1, 0.15) is 6.34 Å². The number of carbonyl (C=O) groups excluding carboxylic acids is 3. The number of anilines is 3. The van der Waals surface area contributed by atoms with E-state index >= 15 is 0 Å². The molecule has 1 atom stereocenters. The highest BCUT2D eigenvalue weighted by atomic mass is 35.5. The Morgan fingerprint density at radius 3 is 2.72 bits per heavy atom. The minimum atomic E-state index is -0.534. The number of hydrazine groups is 1. The number of fused-ring (bicyclic) bond motifs is 4. The van der Waals surface area contributed by atoms with E-state index in [-0.39, 0.29) is 17.4 Å². The highest BCUT2D eigenvalue weighted by molar-refractivity contribution is 6.30. The van der Waals surface area contributed by atoms with Gasteiger partial charge in [-0.05, 0) is 66.9 Å². The first kappa shape index (κ1) is 37.6. The van der Waals surface area contributed by atoms with Crippen LogP contribution in [0.15, 0.2) is 65.9 Å². The van der Waals surface area contributed by atoms with Gasteiger partial charge >= 0.3 is 6.09 Å². The summed E-state index contributed by atoms with van der Waals surface area (Å²) in [6.45, 7) is 5.13. The van der Waals surface area contributed by atoms with Gasteiger partial charge in [-0.1, -0.05) is 37.4 Å². The van der Waals surface area contributed by atoms with E-state index < -0.39 is 6.09 Å². The molecule has 2 aromatic carbocycles. The second-order valence-electron chi connectivity index (χ2n) is 12.2. The zero-order valence-corrected chi connectivity index (χ0v) is 28.9. The molecule has 1 saturated heterocycles. The van der Waals surface area contributed by atoms with Crippen molar-refractivity contribution in [3.05, 3.63) is 77.1 Å². The Hall–Kier alpha value is -5.18. The minimum absolute atomic E-state index is 0.209. The van der Waals surface area contributed by atoms with Gasteiger partial charge in [0.25, 0.3) is 0 Å². The van der Waals surface area contributed by atoms with Gasteiger partial charge in [0.05, 0.1) is 37.7 Å². The maximum absolute atomic E-state index is 13.1. The lowest BCUT2D eigenvalue weighted by atomic mass is 9.89. The molecule has 0 aliphatic carbocycles. The van der Waals surface area contributed by atoms with E-state index in [9.17, 15) is 14.4 Å². The number of hydrazone groups is 1. The van der Waals surface area contributed by atoms with E-state index in [0.29, 0.717) is 22.0 Å². The van der Waals surface area contributed by atoms with Crippen LogP contribution in [-0.4, -0.2) is 63.1 Å². The normalized spacial score (nSPS) is 16.5. The summed E-state index contributed by atoms with van der Waals surface area (Å²) in [6.07, 6.45) is 9.81. The fourth-order valence-corrected chi connectivity index (χ4v) is 5.60. The van der Waals surface area contributed by atoms with Crippen molar-refractivity contribution in [3.63, 3.8) is 0 Å². The molecule has 8 N–H and O–H groups in total. The molecule has 5 rings (SSSR count). The Labute approximate surface area is 296 Å². The van der Waals surface area contributed by atoms with E-state index in [1.807, 2.05) is 30.3 Å². The average molecular weight is 706 g/mol. The monoisotopic (exact) mass is 705 g/mol. The van der Waals surface area contributed by atoms with Crippen LogP contribution in [-0.2, 0) is 19.1 Å². The zero-order chi connectivity index (χ0) is 35.9. The largest absolute Gasteiger partial charge is 0.453 e. The summed E-state index contributed by atoms with van der Waals surface area (Å²) in [5.41, 5.74) is 5.55. The summed E-state index contributed by atoms with van der Waals surface area (Å²) < 4.78 is 9.70. The van der Waals surface area contributed by atoms with Gasteiger partial charge in [0.15, 0.2) is 0 Å². The second-order valence-corrected chi connectivity index (χ2v) is 12.6. The molecule has 14 nitrogen and oxygen atoms in total. The molecule has 3 amide bonds. The van der Waals surface area contributed by atoms with Crippen LogP contribution in [0.4, 0.5) is 21.9 Å². The first-order valence-corrected chi connectivity index (χ1v) is 16.5. The quantitative estimate of drug-likeness (QED) is 0.0450. The Morgan fingerprint density at radius 2 is 2.00 bits per heavy atom. The summed E-state index contributed by atoms with van der Waals surface area (Å²) in [5.74, 6) is 10.9. The van der Waals surface area contributed by atoms with Gasteiger partial charge < -0.3 is 31.3 Å². The second kappa shape index (κ2) is 18.5. The summed E-state index contributed by atoms with van der Waals surface area (Å²) in [5, 5.41) is 17.1. The van der Waals surface area contributed by atoms with Crippen LogP contribution in [0, 0.1) is 5.41 Å². The van der Waals surface area contributed by atoms with E-state index in [4.69, 9.17) is 32.8 Å². The van der Waals surface area contributed by atoms with Gasteiger partial charge in [0, 0.05) is 58.3 Å². The molecule has 2 bridgehead atoms. The van der Waals surface area contributed by atoms with Crippen molar-refractivity contribution in [2.45, 2.75) is 38.6 Å². The molecule has 2 aliphatic heterocycles. The molecule has 2 aliphatic rings. The van der Waals surface area contributed by atoms with Crippen LogP contribution >= 0.6 is 11.6 Å². The number of benzene rings is 2. The van der Waals surface area contributed by atoms with Gasteiger partial charge in [-0.3, -0.25) is 24.9 Å². The predicted molar refractivity (Wildman–Crippen MR) is 196 cm³/mol. The number of hydrogen-bond donors (Lipinski definition) is 6. The molecule has 3 heterocycles. The maximum Gasteiger partial charge on any atom is 0.411 e. The summed E-state index contributed by atoms with van der Waals surface area (Å²) in [6, 6.07) is 14.4. The number of ether oxygens (including phenoxy) is 2. The lowest BCUT2D eigenvalue weighted by Gasteiger charge is -2.37. The third-order valence-electron chi connectivity index (χ3n) is 8.09. The number of nitrogens with two attached hydrogens (primary N) is 2. The smallest absolute Gasteiger partial charge is 0.411 e. The first-order valence-electron chi connectivity index (χ1n) is 16.1. The van der Waals surface area contributed by atoms with Gasteiger partial charge in [-0.25, -0.2) is 10.6 Å². The van der Waals surface area contributed by atoms with E-state index in [1.54, 1.807) is 30.5 Å². The van der Waals surface area contributed by atoms with E-state index in [2.05, 4.69) is 38.3 Å². The number of hydrogen-bond acceptors (Lipinski definition) is 10. The lowest BCUT2D eigenvalue weighted by molar-refractivity contribution is -0.117. The molecule has 0 unspecified atom stereocenters. The molecule has 0 radical (unpaired) electrons. The number of pyridine rings is 1. The number of nitrogens with one attached hydrogen (secondary N) is 4. The highest BCUT2D eigenvalue weighted by Gasteiger charge is 2.32. The number of methoxy groups -OCH3 is 1. The SMILES string of the molecule is CC1(CNC=O)COC1.COC(=O)Nc1ccc2c(c1)NCCCCC[C@H](NC(=O)/C=C/c1cc(Cl)ccc1N(N)/C=N\N)c1cc-2ccn1. The third-order valence-corrected chi connectivity index (χ3v) is 8.32. The fourth-order valence-electron chi connectivity index (χ4n) is 5.42.